The first-order chi connectivity index (χ1) is 15.6. The minimum Gasteiger partial charge on any atom is -0.391 e. The van der Waals surface area contributed by atoms with Crippen LogP contribution in [0.1, 0.15) is 47.2 Å². The summed E-state index contributed by atoms with van der Waals surface area (Å²) in [6, 6.07) is 12.2. The van der Waals surface area contributed by atoms with E-state index < -0.39 is 6.10 Å². The number of hydrogen-bond donors (Lipinski definition) is 3. The Hall–Kier alpha value is -3.45. The van der Waals surface area contributed by atoms with Crippen molar-refractivity contribution in [1.82, 2.24) is 25.1 Å². The number of rotatable bonds is 5. The largest absolute Gasteiger partial charge is 0.391 e. The summed E-state index contributed by atoms with van der Waals surface area (Å²) in [5, 5.41) is 17.5. The fourth-order valence-electron chi connectivity index (χ4n) is 4.53. The zero-order valence-electron chi connectivity index (χ0n) is 18.1. The summed E-state index contributed by atoms with van der Waals surface area (Å²) in [7, 11) is 1.91. The van der Waals surface area contributed by atoms with Crippen LogP contribution in [-0.4, -0.2) is 42.9 Å². The van der Waals surface area contributed by atoms with E-state index in [1.54, 1.807) is 11.0 Å². The van der Waals surface area contributed by atoms with Gasteiger partial charge in [0.2, 0.25) is 0 Å². The Kier molecular flexibility index (Phi) is 5.49. The highest BCUT2D eigenvalue weighted by molar-refractivity contribution is 6.05. The number of carbonyl (C=O) groups is 1. The van der Waals surface area contributed by atoms with E-state index in [4.69, 9.17) is 0 Å². The number of imidazole rings is 1. The number of aliphatic hydroxyl groups excluding tert-OH is 1. The van der Waals surface area contributed by atoms with Gasteiger partial charge in [-0.3, -0.25) is 9.48 Å². The van der Waals surface area contributed by atoms with Crippen LogP contribution in [0, 0.1) is 0 Å². The molecule has 2 atom stereocenters. The van der Waals surface area contributed by atoms with E-state index in [9.17, 15) is 9.90 Å². The lowest BCUT2D eigenvalue weighted by Crippen LogP contribution is -2.45. The van der Waals surface area contributed by atoms with Crippen LogP contribution in [0.15, 0.2) is 55.1 Å². The number of H-pyrrole nitrogens is 1. The first-order valence-electron chi connectivity index (χ1n) is 11.1. The Bertz CT molecular complexity index is 1240. The van der Waals surface area contributed by atoms with E-state index in [0.717, 1.165) is 53.5 Å². The maximum Gasteiger partial charge on any atom is 0.253 e. The van der Waals surface area contributed by atoms with Crippen molar-refractivity contribution in [2.24, 2.45) is 7.05 Å². The lowest BCUT2D eigenvalue weighted by molar-refractivity contribution is 0.0718. The second-order valence-corrected chi connectivity index (χ2v) is 8.65. The normalized spacial score (nSPS) is 18.7. The van der Waals surface area contributed by atoms with Crippen LogP contribution in [0.25, 0.3) is 22.2 Å². The van der Waals surface area contributed by atoms with E-state index in [1.807, 2.05) is 31.6 Å². The van der Waals surface area contributed by atoms with Crippen LogP contribution in [0.4, 0.5) is 0 Å². The van der Waals surface area contributed by atoms with Gasteiger partial charge in [0.1, 0.15) is 5.52 Å². The number of carbonyl (C=O) groups excluding carboxylic acids is 1. The van der Waals surface area contributed by atoms with Crippen LogP contribution in [0.3, 0.4) is 0 Å². The Balaban J connectivity index is 1.38. The summed E-state index contributed by atoms with van der Waals surface area (Å²) in [6.45, 7) is 0. The first kappa shape index (κ1) is 20.5. The number of aromatic nitrogens is 4. The number of fused-ring (bicyclic) bond motifs is 1. The minimum atomic E-state index is -0.483. The van der Waals surface area contributed by atoms with E-state index in [2.05, 4.69) is 44.6 Å². The molecule has 0 spiro atoms. The van der Waals surface area contributed by atoms with E-state index in [0.29, 0.717) is 17.5 Å². The maximum atomic E-state index is 13.1. The van der Waals surface area contributed by atoms with Crippen LogP contribution >= 0.6 is 0 Å². The van der Waals surface area contributed by atoms with Gasteiger partial charge in [-0.05, 0) is 48.1 Å². The fourth-order valence-corrected chi connectivity index (χ4v) is 4.53. The monoisotopic (exact) mass is 429 g/mol. The highest BCUT2D eigenvalue weighted by Crippen LogP contribution is 2.24. The number of amides is 1. The molecule has 0 unspecified atom stereocenters. The fraction of sp³-hybridized carbons (Fsp3) is 0.320. The number of aromatic amines is 1. The second-order valence-electron chi connectivity index (χ2n) is 8.65. The van der Waals surface area contributed by atoms with E-state index in [1.165, 1.54) is 0 Å². The molecule has 1 amide bonds. The van der Waals surface area contributed by atoms with Gasteiger partial charge in [-0.15, -0.1) is 0 Å². The first-order valence-corrected chi connectivity index (χ1v) is 11.1. The van der Waals surface area contributed by atoms with Crippen molar-refractivity contribution in [2.75, 3.05) is 0 Å². The zero-order valence-corrected chi connectivity index (χ0v) is 18.1. The van der Waals surface area contributed by atoms with Gasteiger partial charge >= 0.3 is 0 Å². The van der Waals surface area contributed by atoms with Gasteiger partial charge < -0.3 is 15.4 Å². The van der Waals surface area contributed by atoms with Crippen molar-refractivity contribution in [3.05, 3.63) is 71.8 Å². The Labute approximate surface area is 186 Å². The van der Waals surface area contributed by atoms with Crippen molar-refractivity contribution in [2.45, 2.75) is 44.2 Å². The smallest absolute Gasteiger partial charge is 0.253 e. The summed E-state index contributed by atoms with van der Waals surface area (Å²) in [4.78, 5) is 20.6. The Morgan fingerprint density at radius 3 is 2.72 bits per heavy atom. The molecule has 7 nitrogen and oxygen atoms in total. The third kappa shape index (κ3) is 4.16. The molecule has 4 aromatic rings. The van der Waals surface area contributed by atoms with Gasteiger partial charge in [-0.25, -0.2) is 4.98 Å². The molecule has 0 saturated heterocycles. The number of aryl methyl sites for hydroxylation is 1. The predicted octanol–water partition coefficient (Wildman–Crippen LogP) is 3.59. The number of nitrogens with one attached hydrogen (secondary N) is 2. The Morgan fingerprint density at radius 1 is 1.16 bits per heavy atom. The number of benzene rings is 2. The van der Waals surface area contributed by atoms with Crippen molar-refractivity contribution in [3.63, 3.8) is 0 Å². The molecule has 5 rings (SSSR count). The summed E-state index contributed by atoms with van der Waals surface area (Å²) in [5.74, 6) is -0.179. The molecular weight excluding hydrogens is 402 g/mol. The molecule has 7 heteroatoms. The third-order valence-corrected chi connectivity index (χ3v) is 6.27. The minimum absolute atomic E-state index is 0.179. The van der Waals surface area contributed by atoms with Gasteiger partial charge in [-0.1, -0.05) is 37.1 Å². The molecular formula is C25H27N5O2. The van der Waals surface area contributed by atoms with Gasteiger partial charge in [0.15, 0.2) is 0 Å². The average molecular weight is 430 g/mol. The molecule has 0 radical (unpaired) electrons. The topological polar surface area (TPSA) is 95.8 Å². The molecule has 1 aliphatic carbocycles. The third-order valence-electron chi connectivity index (χ3n) is 6.27. The van der Waals surface area contributed by atoms with E-state index in [-0.39, 0.29) is 11.9 Å². The molecule has 0 aliphatic heterocycles. The molecule has 1 fully saturated rings. The number of nitrogens with zero attached hydrogens (tertiary/aromatic N) is 3. The lowest BCUT2D eigenvalue weighted by atomic mass is 9.92. The molecule has 3 N–H and O–H groups in total. The van der Waals surface area contributed by atoms with Gasteiger partial charge in [0.05, 0.1) is 35.8 Å². The SMILES string of the molecule is Cn1cc(-c2ccc(Cc3cc(C(=O)N[C@H]4CCCC[C@@H]4O)c4nc[nH]c4c3)cc2)cn1. The van der Waals surface area contributed by atoms with Crippen LogP contribution < -0.4 is 5.32 Å². The molecule has 0 bridgehead atoms. The van der Waals surface area contributed by atoms with Gasteiger partial charge in [0, 0.05) is 18.8 Å². The van der Waals surface area contributed by atoms with Crippen LogP contribution in [0.2, 0.25) is 0 Å². The molecule has 164 valence electrons. The summed E-state index contributed by atoms with van der Waals surface area (Å²) < 4.78 is 1.79. The molecule has 2 heterocycles. The van der Waals surface area contributed by atoms with Crippen molar-refractivity contribution < 1.29 is 9.90 Å². The average Bonchev–Trinajstić information content (AvgIpc) is 3.44. The van der Waals surface area contributed by atoms with Gasteiger partial charge in [-0.2, -0.15) is 5.10 Å². The molecule has 2 aromatic heterocycles. The summed E-state index contributed by atoms with van der Waals surface area (Å²) in [6.07, 6.45) is 9.25. The molecule has 32 heavy (non-hydrogen) atoms. The second kappa shape index (κ2) is 8.59. The quantitative estimate of drug-likeness (QED) is 0.452. The van der Waals surface area contributed by atoms with Crippen molar-refractivity contribution >= 4 is 16.9 Å². The zero-order chi connectivity index (χ0) is 22.1. The summed E-state index contributed by atoms with van der Waals surface area (Å²) in [5.41, 5.74) is 6.44. The number of hydrogen-bond acceptors (Lipinski definition) is 4. The highest BCUT2D eigenvalue weighted by Gasteiger charge is 2.26. The van der Waals surface area contributed by atoms with Gasteiger partial charge in [0.25, 0.3) is 5.91 Å². The van der Waals surface area contributed by atoms with Crippen LogP contribution in [-0.2, 0) is 13.5 Å². The highest BCUT2D eigenvalue weighted by atomic mass is 16.3. The maximum absolute atomic E-state index is 13.1. The Morgan fingerprint density at radius 2 is 1.97 bits per heavy atom. The van der Waals surface area contributed by atoms with Crippen molar-refractivity contribution in [1.29, 1.82) is 0 Å². The molecule has 1 aliphatic rings. The molecule has 2 aromatic carbocycles. The van der Waals surface area contributed by atoms with Crippen molar-refractivity contribution in [3.8, 4) is 11.1 Å². The summed E-state index contributed by atoms with van der Waals surface area (Å²) >= 11 is 0. The molecule has 1 saturated carbocycles. The van der Waals surface area contributed by atoms with E-state index >= 15 is 0 Å². The standard InChI is InChI=1S/C25H27N5O2/c1-30-14-19(13-28-30)18-8-6-16(7-9-18)10-17-11-20(24-22(12-17)26-15-27-24)25(32)29-21-4-2-3-5-23(21)31/h6-9,11-15,21,23,31H,2-5,10H2,1H3,(H,26,27)(H,29,32)/t21-,23-/m0/s1. The van der Waals surface area contributed by atoms with Crippen LogP contribution in [0.5, 0.6) is 0 Å². The number of aliphatic hydroxyl groups is 1. The lowest BCUT2D eigenvalue weighted by Gasteiger charge is -2.28. The predicted molar refractivity (Wildman–Crippen MR) is 123 cm³/mol.